The van der Waals surface area contributed by atoms with Crippen LogP contribution in [-0.2, 0) is 11.2 Å². The Morgan fingerprint density at radius 1 is 1.33 bits per heavy atom. The van der Waals surface area contributed by atoms with Gasteiger partial charge in [-0.25, -0.2) is 8.78 Å². The number of Topliss-reactive ketones (excluding diaryl/α,β-unsaturated/α-hetero) is 1. The van der Waals surface area contributed by atoms with Crippen LogP contribution in [0.2, 0.25) is 0 Å². The Balaban J connectivity index is 2.83. The molecule has 0 aromatic heterocycles. The van der Waals surface area contributed by atoms with Crippen LogP contribution in [0.15, 0.2) is 18.2 Å². The number of aliphatic hydroxyl groups is 1. The summed E-state index contributed by atoms with van der Waals surface area (Å²) >= 11 is 0. The summed E-state index contributed by atoms with van der Waals surface area (Å²) in [6.07, 6.45) is -0.110. The zero-order chi connectivity index (χ0) is 11.6. The molecule has 0 bridgehead atoms. The third-order valence-corrected chi connectivity index (χ3v) is 2.03. The summed E-state index contributed by atoms with van der Waals surface area (Å²) in [5, 5.41) is 9.35. The number of rotatable bonds is 3. The minimum Gasteiger partial charge on any atom is -0.383 e. The Bertz CT molecular complexity index is 381. The molecule has 4 heteroatoms. The van der Waals surface area contributed by atoms with Gasteiger partial charge in [0.05, 0.1) is 0 Å². The van der Waals surface area contributed by atoms with Crippen molar-refractivity contribution in [3.8, 4) is 0 Å². The first kappa shape index (κ1) is 11.8. The van der Waals surface area contributed by atoms with Crippen LogP contribution in [0.4, 0.5) is 8.78 Å². The van der Waals surface area contributed by atoms with Gasteiger partial charge in [0.25, 0.3) is 0 Å². The summed E-state index contributed by atoms with van der Waals surface area (Å²) in [6.45, 7) is 2.71. The van der Waals surface area contributed by atoms with Gasteiger partial charge in [0, 0.05) is 6.42 Å². The fraction of sp³-hybridized carbons (Fsp3) is 0.364. The van der Waals surface area contributed by atoms with Gasteiger partial charge < -0.3 is 5.11 Å². The molecule has 1 aromatic carbocycles. The van der Waals surface area contributed by atoms with Crippen molar-refractivity contribution in [1.82, 2.24) is 0 Å². The summed E-state index contributed by atoms with van der Waals surface area (Å²) in [5.74, 6) is -2.38. The van der Waals surface area contributed by atoms with E-state index in [-0.39, 0.29) is 6.42 Å². The van der Waals surface area contributed by atoms with Gasteiger partial charge in [0.15, 0.2) is 17.4 Å². The number of carbonyl (C=O) groups is 1. The van der Waals surface area contributed by atoms with Crippen LogP contribution in [0.1, 0.15) is 19.4 Å². The first-order valence-corrected chi connectivity index (χ1v) is 4.50. The quantitative estimate of drug-likeness (QED) is 0.833. The first-order chi connectivity index (χ1) is 6.80. The maximum Gasteiger partial charge on any atom is 0.168 e. The second-order valence-electron chi connectivity index (χ2n) is 3.91. The van der Waals surface area contributed by atoms with Crippen LogP contribution in [-0.4, -0.2) is 16.5 Å². The summed E-state index contributed by atoms with van der Waals surface area (Å²) in [5.41, 5.74) is -1.11. The van der Waals surface area contributed by atoms with Gasteiger partial charge in [-0.2, -0.15) is 0 Å². The molecule has 0 aliphatic carbocycles. The zero-order valence-corrected chi connectivity index (χ0v) is 8.55. The molecule has 0 saturated carbocycles. The van der Waals surface area contributed by atoms with E-state index in [9.17, 15) is 18.7 Å². The number of ketones is 1. The minimum absolute atomic E-state index is 0.110. The molecule has 0 unspecified atom stereocenters. The molecular weight excluding hydrogens is 202 g/mol. The molecule has 0 amide bonds. The Hall–Kier alpha value is -1.29. The Morgan fingerprint density at radius 3 is 2.40 bits per heavy atom. The summed E-state index contributed by atoms with van der Waals surface area (Å²) < 4.78 is 25.3. The molecular formula is C11H12F2O2. The zero-order valence-electron chi connectivity index (χ0n) is 8.55. The molecule has 1 rings (SSSR count). The first-order valence-electron chi connectivity index (χ1n) is 4.50. The maximum atomic E-state index is 12.8. The van der Waals surface area contributed by atoms with E-state index in [1.54, 1.807) is 0 Å². The Kier molecular flexibility index (Phi) is 3.19. The van der Waals surface area contributed by atoms with Gasteiger partial charge in [-0.05, 0) is 31.5 Å². The smallest absolute Gasteiger partial charge is 0.168 e. The lowest BCUT2D eigenvalue weighted by Crippen LogP contribution is -2.32. The van der Waals surface area contributed by atoms with Crippen molar-refractivity contribution in [2.45, 2.75) is 25.9 Å². The van der Waals surface area contributed by atoms with Crippen molar-refractivity contribution >= 4 is 5.78 Å². The highest BCUT2D eigenvalue weighted by Gasteiger charge is 2.23. The minimum atomic E-state index is -1.45. The lowest BCUT2D eigenvalue weighted by Gasteiger charge is -2.15. The number of hydrogen-bond acceptors (Lipinski definition) is 2. The van der Waals surface area contributed by atoms with Gasteiger partial charge in [0.1, 0.15) is 5.60 Å². The molecule has 1 N–H and O–H groups in total. The van der Waals surface area contributed by atoms with Gasteiger partial charge in [0.2, 0.25) is 0 Å². The molecule has 0 atom stereocenters. The highest BCUT2D eigenvalue weighted by Crippen LogP contribution is 2.12. The van der Waals surface area contributed by atoms with Crippen LogP contribution in [0.5, 0.6) is 0 Å². The van der Waals surface area contributed by atoms with Gasteiger partial charge in [-0.15, -0.1) is 0 Å². The number of hydrogen-bond donors (Lipinski definition) is 1. The second-order valence-corrected chi connectivity index (χ2v) is 3.91. The van der Waals surface area contributed by atoms with E-state index < -0.39 is 23.0 Å². The maximum absolute atomic E-state index is 12.8. The van der Waals surface area contributed by atoms with Crippen LogP contribution < -0.4 is 0 Å². The standard InChI is InChI=1S/C11H12F2O2/c1-11(2,15)10(14)6-7-3-4-8(12)9(13)5-7/h3-5,15H,6H2,1-2H3. The van der Waals surface area contributed by atoms with Gasteiger partial charge in [-0.3, -0.25) is 4.79 Å². The fourth-order valence-electron chi connectivity index (χ4n) is 1.05. The number of benzene rings is 1. The van der Waals surface area contributed by atoms with E-state index in [2.05, 4.69) is 0 Å². The Morgan fingerprint density at radius 2 is 1.93 bits per heavy atom. The number of carbonyl (C=O) groups excluding carboxylic acids is 1. The van der Waals surface area contributed by atoms with E-state index in [4.69, 9.17) is 0 Å². The molecule has 0 fully saturated rings. The van der Waals surface area contributed by atoms with Crippen LogP contribution in [0.25, 0.3) is 0 Å². The van der Waals surface area contributed by atoms with Crippen molar-refractivity contribution in [3.63, 3.8) is 0 Å². The highest BCUT2D eigenvalue weighted by molar-refractivity contribution is 5.88. The van der Waals surface area contributed by atoms with Crippen molar-refractivity contribution in [1.29, 1.82) is 0 Å². The van der Waals surface area contributed by atoms with E-state index in [1.807, 2.05) is 0 Å². The average Bonchev–Trinajstić information content (AvgIpc) is 2.10. The van der Waals surface area contributed by atoms with Gasteiger partial charge >= 0.3 is 0 Å². The van der Waals surface area contributed by atoms with Gasteiger partial charge in [-0.1, -0.05) is 6.07 Å². The lowest BCUT2D eigenvalue weighted by molar-refractivity contribution is -0.133. The SMILES string of the molecule is CC(C)(O)C(=O)Cc1ccc(F)c(F)c1. The molecule has 1 aromatic rings. The van der Waals surface area contributed by atoms with Crippen LogP contribution >= 0.6 is 0 Å². The largest absolute Gasteiger partial charge is 0.383 e. The van der Waals surface area contributed by atoms with E-state index in [1.165, 1.54) is 19.9 Å². The summed E-state index contributed by atoms with van der Waals surface area (Å²) in [6, 6.07) is 3.24. The molecule has 2 nitrogen and oxygen atoms in total. The van der Waals surface area contributed by atoms with Crippen LogP contribution in [0, 0.1) is 11.6 Å². The molecule has 0 spiro atoms. The molecule has 82 valence electrons. The normalized spacial score (nSPS) is 11.5. The molecule has 0 heterocycles. The fourth-order valence-corrected chi connectivity index (χ4v) is 1.05. The number of halogens is 2. The van der Waals surface area contributed by atoms with Crippen molar-refractivity contribution in [2.75, 3.05) is 0 Å². The predicted octanol–water partition coefficient (Wildman–Crippen LogP) is 1.85. The monoisotopic (exact) mass is 214 g/mol. The second kappa shape index (κ2) is 4.06. The summed E-state index contributed by atoms with van der Waals surface area (Å²) in [7, 11) is 0. The van der Waals surface area contributed by atoms with Crippen molar-refractivity contribution in [2.24, 2.45) is 0 Å². The summed E-state index contributed by atoms with van der Waals surface area (Å²) in [4.78, 5) is 11.4. The predicted molar refractivity (Wildman–Crippen MR) is 51.4 cm³/mol. The Labute approximate surface area is 86.5 Å². The third kappa shape index (κ3) is 3.09. The highest BCUT2D eigenvalue weighted by atomic mass is 19.2. The van der Waals surface area contributed by atoms with Crippen molar-refractivity contribution in [3.05, 3.63) is 35.4 Å². The molecule has 0 radical (unpaired) electrons. The molecule has 0 aliphatic heterocycles. The topological polar surface area (TPSA) is 37.3 Å². The molecule has 15 heavy (non-hydrogen) atoms. The van der Waals surface area contributed by atoms with E-state index in [0.717, 1.165) is 12.1 Å². The molecule has 0 saturated heterocycles. The van der Waals surface area contributed by atoms with Crippen LogP contribution in [0.3, 0.4) is 0 Å². The lowest BCUT2D eigenvalue weighted by atomic mass is 9.97. The van der Waals surface area contributed by atoms with E-state index >= 15 is 0 Å². The molecule has 0 aliphatic rings. The third-order valence-electron chi connectivity index (χ3n) is 2.03. The average molecular weight is 214 g/mol. The van der Waals surface area contributed by atoms with Crippen molar-refractivity contribution < 1.29 is 18.7 Å². The van der Waals surface area contributed by atoms with E-state index in [0.29, 0.717) is 5.56 Å².